The van der Waals surface area contributed by atoms with Gasteiger partial charge in [0.05, 0.1) is 36.2 Å². The Morgan fingerprint density at radius 2 is 1.87 bits per heavy atom. The maximum Gasteiger partial charge on any atom is 0.224 e. The van der Waals surface area contributed by atoms with Crippen LogP contribution in [0, 0.1) is 0 Å². The number of hydrogen-bond acceptors (Lipinski definition) is 6. The minimum absolute atomic E-state index is 0.0615. The zero-order valence-corrected chi connectivity index (χ0v) is 17.7. The van der Waals surface area contributed by atoms with E-state index in [4.69, 9.17) is 13.9 Å². The molecule has 1 aromatic carbocycles. The average molecular weight is 434 g/mol. The van der Waals surface area contributed by atoms with Crippen molar-refractivity contribution in [2.24, 2.45) is 0 Å². The molecule has 0 unspecified atom stereocenters. The van der Waals surface area contributed by atoms with Crippen LogP contribution in [-0.4, -0.2) is 44.7 Å². The van der Waals surface area contributed by atoms with Crippen molar-refractivity contribution in [2.45, 2.75) is 49.5 Å². The lowest BCUT2D eigenvalue weighted by molar-refractivity contribution is -0.133. The maximum absolute atomic E-state index is 13.0. The van der Waals surface area contributed by atoms with Gasteiger partial charge < -0.3 is 18.8 Å². The van der Waals surface area contributed by atoms with Crippen LogP contribution in [0.2, 0.25) is 0 Å². The summed E-state index contributed by atoms with van der Waals surface area (Å²) in [5.74, 6) is 1.35. The second-order valence-electron chi connectivity index (χ2n) is 7.70. The predicted molar refractivity (Wildman–Crippen MR) is 110 cm³/mol. The van der Waals surface area contributed by atoms with Gasteiger partial charge in [-0.15, -0.1) is 0 Å². The largest absolute Gasteiger partial charge is 0.490 e. The van der Waals surface area contributed by atoms with Gasteiger partial charge in [-0.25, -0.2) is 8.42 Å². The lowest BCUT2D eigenvalue weighted by atomic mass is 10.1. The zero-order chi connectivity index (χ0) is 21.0. The van der Waals surface area contributed by atoms with Gasteiger partial charge in [0.2, 0.25) is 5.91 Å². The van der Waals surface area contributed by atoms with Gasteiger partial charge in [0.1, 0.15) is 5.76 Å². The number of sulfone groups is 1. The van der Waals surface area contributed by atoms with Crippen LogP contribution in [0.25, 0.3) is 0 Å². The standard InChI is InChI=1S/C22H27NO6S/c24-22(23-11-3-1-2-6-18(23)19-7-4-12-27-19)10-15-30(25,26)17-8-9-20-21(16-17)29-14-5-13-28-20/h4,7-9,12,16,18H,1-3,5-6,10-11,13-15H2/t18-/m1/s1. The number of rotatable bonds is 5. The van der Waals surface area contributed by atoms with E-state index in [2.05, 4.69) is 0 Å². The van der Waals surface area contributed by atoms with Gasteiger partial charge in [0.25, 0.3) is 0 Å². The lowest BCUT2D eigenvalue weighted by Crippen LogP contribution is -2.35. The Hall–Kier alpha value is -2.48. The normalized spacial score (nSPS) is 19.7. The van der Waals surface area contributed by atoms with Crippen molar-refractivity contribution in [3.8, 4) is 11.5 Å². The van der Waals surface area contributed by atoms with Crippen LogP contribution in [0.1, 0.15) is 50.3 Å². The molecular weight excluding hydrogens is 406 g/mol. The highest BCUT2D eigenvalue weighted by Crippen LogP contribution is 2.33. The van der Waals surface area contributed by atoms with E-state index >= 15 is 0 Å². The first-order valence-electron chi connectivity index (χ1n) is 10.5. The average Bonchev–Trinajstić information content (AvgIpc) is 3.02. The van der Waals surface area contributed by atoms with Crippen molar-refractivity contribution < 1.29 is 27.1 Å². The number of ether oxygens (including phenoxy) is 2. The Morgan fingerprint density at radius 1 is 1.03 bits per heavy atom. The molecule has 7 nitrogen and oxygen atoms in total. The predicted octanol–water partition coefficient (Wildman–Crippen LogP) is 3.75. The maximum atomic E-state index is 13.0. The van der Waals surface area contributed by atoms with Gasteiger partial charge >= 0.3 is 0 Å². The molecule has 0 bridgehead atoms. The molecule has 4 rings (SSSR count). The Bertz CT molecular complexity index is 970. The van der Waals surface area contributed by atoms with E-state index in [-0.39, 0.29) is 29.0 Å². The number of benzene rings is 1. The van der Waals surface area contributed by atoms with E-state index in [1.807, 2.05) is 12.1 Å². The minimum Gasteiger partial charge on any atom is -0.490 e. The number of carbonyl (C=O) groups is 1. The fraction of sp³-hybridized carbons (Fsp3) is 0.500. The second kappa shape index (κ2) is 9.12. The number of nitrogens with zero attached hydrogens (tertiary/aromatic N) is 1. The molecule has 0 spiro atoms. The van der Waals surface area contributed by atoms with Crippen molar-refractivity contribution in [1.82, 2.24) is 4.90 Å². The summed E-state index contributed by atoms with van der Waals surface area (Å²) in [6, 6.07) is 8.21. The Morgan fingerprint density at radius 3 is 2.67 bits per heavy atom. The lowest BCUT2D eigenvalue weighted by Gasteiger charge is -2.28. The smallest absolute Gasteiger partial charge is 0.224 e. The third-order valence-electron chi connectivity index (χ3n) is 5.61. The summed E-state index contributed by atoms with van der Waals surface area (Å²) < 4.78 is 42.5. The fourth-order valence-corrected chi connectivity index (χ4v) is 5.24. The van der Waals surface area contributed by atoms with Crippen molar-refractivity contribution in [3.05, 3.63) is 42.4 Å². The van der Waals surface area contributed by atoms with Crippen LogP contribution in [0.3, 0.4) is 0 Å². The van der Waals surface area contributed by atoms with Crippen molar-refractivity contribution >= 4 is 15.7 Å². The van der Waals surface area contributed by atoms with E-state index in [9.17, 15) is 13.2 Å². The summed E-state index contributed by atoms with van der Waals surface area (Å²) in [5, 5.41) is 0. The SMILES string of the molecule is O=C(CCS(=O)(=O)c1ccc2c(c1)OCCCO2)N1CCCCC[C@@H]1c1ccco1. The van der Waals surface area contributed by atoms with E-state index in [0.717, 1.165) is 37.9 Å². The molecule has 162 valence electrons. The molecule has 0 aliphatic carbocycles. The monoisotopic (exact) mass is 433 g/mol. The highest BCUT2D eigenvalue weighted by Gasteiger charge is 2.29. The molecule has 30 heavy (non-hydrogen) atoms. The number of hydrogen-bond donors (Lipinski definition) is 0. The van der Waals surface area contributed by atoms with Crippen LogP contribution < -0.4 is 9.47 Å². The zero-order valence-electron chi connectivity index (χ0n) is 16.9. The van der Waals surface area contributed by atoms with Gasteiger partial charge in [-0.2, -0.15) is 0 Å². The van der Waals surface area contributed by atoms with Crippen molar-refractivity contribution in [3.63, 3.8) is 0 Å². The van der Waals surface area contributed by atoms with E-state index in [1.165, 1.54) is 12.1 Å². The van der Waals surface area contributed by atoms with Gasteiger partial charge in [0, 0.05) is 25.5 Å². The number of furan rings is 1. The van der Waals surface area contributed by atoms with Crippen LogP contribution in [-0.2, 0) is 14.6 Å². The van der Waals surface area contributed by atoms with E-state index in [1.54, 1.807) is 17.2 Å². The minimum atomic E-state index is -3.63. The number of likely N-dealkylation sites (tertiary alicyclic amines) is 1. The quantitative estimate of drug-likeness (QED) is 0.714. The van der Waals surface area contributed by atoms with E-state index < -0.39 is 9.84 Å². The third-order valence-corrected chi connectivity index (χ3v) is 7.32. The molecule has 1 amide bonds. The Labute approximate surface area is 176 Å². The molecule has 8 heteroatoms. The topological polar surface area (TPSA) is 86.0 Å². The Balaban J connectivity index is 1.46. The molecule has 0 saturated carbocycles. The molecule has 2 aliphatic rings. The summed E-state index contributed by atoms with van der Waals surface area (Å²) in [7, 11) is -3.63. The number of carbonyl (C=O) groups excluding carboxylic acids is 1. The Kier molecular flexibility index (Phi) is 6.32. The first-order chi connectivity index (χ1) is 14.5. The number of fused-ring (bicyclic) bond motifs is 1. The van der Waals surface area contributed by atoms with Gasteiger partial charge in [-0.05, 0) is 37.1 Å². The van der Waals surface area contributed by atoms with Crippen LogP contribution in [0.5, 0.6) is 11.5 Å². The second-order valence-corrected chi connectivity index (χ2v) is 9.80. The summed E-state index contributed by atoms with van der Waals surface area (Å²) in [6.45, 7) is 1.65. The first-order valence-corrected chi connectivity index (χ1v) is 12.1. The molecule has 0 radical (unpaired) electrons. The van der Waals surface area contributed by atoms with E-state index in [0.29, 0.717) is 31.3 Å². The molecule has 1 saturated heterocycles. The molecular formula is C22H27NO6S. The van der Waals surface area contributed by atoms with Gasteiger partial charge in [-0.3, -0.25) is 4.79 Å². The van der Waals surface area contributed by atoms with Crippen LogP contribution in [0.15, 0.2) is 45.9 Å². The van der Waals surface area contributed by atoms with Gasteiger partial charge in [0.15, 0.2) is 21.3 Å². The third kappa shape index (κ3) is 4.64. The van der Waals surface area contributed by atoms with Crippen molar-refractivity contribution in [1.29, 1.82) is 0 Å². The number of amides is 1. The summed E-state index contributed by atoms with van der Waals surface area (Å²) >= 11 is 0. The molecule has 3 heterocycles. The summed E-state index contributed by atoms with van der Waals surface area (Å²) in [4.78, 5) is 14.9. The molecule has 1 aromatic heterocycles. The molecule has 2 aliphatic heterocycles. The molecule has 0 N–H and O–H groups in total. The summed E-state index contributed by atoms with van der Waals surface area (Å²) in [6.07, 6.45) is 6.11. The van der Waals surface area contributed by atoms with Crippen LogP contribution >= 0.6 is 0 Å². The molecule has 1 fully saturated rings. The van der Waals surface area contributed by atoms with Crippen LogP contribution in [0.4, 0.5) is 0 Å². The molecule has 1 atom stereocenters. The fourth-order valence-electron chi connectivity index (χ4n) is 4.00. The highest BCUT2D eigenvalue weighted by molar-refractivity contribution is 7.91. The van der Waals surface area contributed by atoms with Gasteiger partial charge in [-0.1, -0.05) is 12.8 Å². The first kappa shape index (κ1) is 20.8. The summed E-state index contributed by atoms with van der Waals surface area (Å²) in [5.41, 5.74) is 0. The highest BCUT2D eigenvalue weighted by atomic mass is 32.2. The van der Waals surface area contributed by atoms with Crippen molar-refractivity contribution in [2.75, 3.05) is 25.5 Å². The molecule has 2 aromatic rings.